The van der Waals surface area contributed by atoms with Gasteiger partial charge in [-0.25, -0.2) is 4.79 Å². The third kappa shape index (κ3) is 3.77. The van der Waals surface area contributed by atoms with Crippen molar-refractivity contribution in [2.75, 3.05) is 13.7 Å². The van der Waals surface area contributed by atoms with Crippen molar-refractivity contribution in [3.63, 3.8) is 0 Å². The molecule has 0 bridgehead atoms. The molecule has 2 unspecified atom stereocenters. The fourth-order valence-electron chi connectivity index (χ4n) is 1.77. The minimum absolute atomic E-state index is 0.105. The average molecular weight is 186 g/mol. The second-order valence-electron chi connectivity index (χ2n) is 3.78. The van der Waals surface area contributed by atoms with Crippen molar-refractivity contribution in [1.29, 1.82) is 0 Å². The smallest absolute Gasteiger partial charge is 0.331 e. The fourth-order valence-corrected chi connectivity index (χ4v) is 1.77. The average Bonchev–Trinajstić information content (AvgIpc) is 2.14. The van der Waals surface area contributed by atoms with Crippen molar-refractivity contribution >= 4 is 5.97 Å². The molecule has 3 nitrogen and oxygen atoms in total. The number of ether oxygens (including phenoxy) is 2. The topological polar surface area (TPSA) is 35.5 Å². The van der Waals surface area contributed by atoms with E-state index >= 15 is 0 Å². The standard InChI is InChI=1S/C10H18O3/c1-8-4-3-5-9(6-8)13-7-10(11)12-2/h8-9H,3-7H2,1-2H3. The SMILES string of the molecule is COC(=O)COC1CCCC(C)C1. The Bertz CT molecular complexity index is 168. The normalized spacial score (nSPS) is 28.5. The lowest BCUT2D eigenvalue weighted by atomic mass is 9.89. The molecule has 1 aliphatic rings. The van der Waals surface area contributed by atoms with Gasteiger partial charge in [0.1, 0.15) is 6.61 Å². The Morgan fingerprint density at radius 1 is 1.46 bits per heavy atom. The molecule has 1 rings (SSSR count). The monoisotopic (exact) mass is 186 g/mol. The van der Waals surface area contributed by atoms with E-state index in [0.717, 1.165) is 18.8 Å². The Kier molecular flexibility index (Phi) is 4.22. The summed E-state index contributed by atoms with van der Waals surface area (Å²) in [4.78, 5) is 10.8. The Morgan fingerprint density at radius 3 is 2.85 bits per heavy atom. The van der Waals surface area contributed by atoms with E-state index in [1.54, 1.807) is 0 Å². The van der Waals surface area contributed by atoms with Gasteiger partial charge in [-0.1, -0.05) is 19.8 Å². The Morgan fingerprint density at radius 2 is 2.23 bits per heavy atom. The molecule has 0 N–H and O–H groups in total. The number of hydrogen-bond acceptors (Lipinski definition) is 3. The van der Waals surface area contributed by atoms with Gasteiger partial charge in [0.15, 0.2) is 0 Å². The van der Waals surface area contributed by atoms with Crippen molar-refractivity contribution in [1.82, 2.24) is 0 Å². The lowest BCUT2D eigenvalue weighted by Crippen LogP contribution is -2.24. The van der Waals surface area contributed by atoms with Crippen LogP contribution in [-0.4, -0.2) is 25.8 Å². The molecule has 0 aromatic rings. The van der Waals surface area contributed by atoms with Crippen molar-refractivity contribution in [3.05, 3.63) is 0 Å². The quantitative estimate of drug-likeness (QED) is 0.630. The van der Waals surface area contributed by atoms with Crippen LogP contribution in [0.15, 0.2) is 0 Å². The third-order valence-corrected chi connectivity index (χ3v) is 2.55. The van der Waals surface area contributed by atoms with Crippen LogP contribution in [0.3, 0.4) is 0 Å². The van der Waals surface area contributed by atoms with Crippen LogP contribution in [0.4, 0.5) is 0 Å². The van der Waals surface area contributed by atoms with Crippen LogP contribution in [-0.2, 0) is 14.3 Å². The predicted molar refractivity (Wildman–Crippen MR) is 49.4 cm³/mol. The molecule has 76 valence electrons. The highest BCUT2D eigenvalue weighted by Crippen LogP contribution is 2.25. The second-order valence-corrected chi connectivity index (χ2v) is 3.78. The molecular formula is C10H18O3. The van der Waals surface area contributed by atoms with Crippen molar-refractivity contribution in [2.45, 2.75) is 38.7 Å². The summed E-state index contributed by atoms with van der Waals surface area (Å²) < 4.78 is 9.94. The van der Waals surface area contributed by atoms with E-state index in [2.05, 4.69) is 11.7 Å². The lowest BCUT2D eigenvalue weighted by molar-refractivity contribution is -0.148. The first-order chi connectivity index (χ1) is 6.22. The lowest BCUT2D eigenvalue weighted by Gasteiger charge is -2.26. The highest BCUT2D eigenvalue weighted by molar-refractivity contribution is 5.70. The molecule has 1 saturated carbocycles. The maximum atomic E-state index is 10.8. The number of hydrogen-bond donors (Lipinski definition) is 0. The Hall–Kier alpha value is -0.570. The van der Waals surface area contributed by atoms with E-state index in [-0.39, 0.29) is 18.7 Å². The molecule has 0 aromatic heterocycles. The zero-order valence-corrected chi connectivity index (χ0v) is 8.41. The van der Waals surface area contributed by atoms with E-state index in [1.807, 2.05) is 0 Å². The molecule has 1 fully saturated rings. The highest BCUT2D eigenvalue weighted by atomic mass is 16.6. The maximum Gasteiger partial charge on any atom is 0.331 e. The van der Waals surface area contributed by atoms with E-state index < -0.39 is 0 Å². The van der Waals surface area contributed by atoms with Gasteiger partial charge < -0.3 is 9.47 Å². The summed E-state index contributed by atoms with van der Waals surface area (Å²) >= 11 is 0. The molecule has 0 heterocycles. The first kappa shape index (κ1) is 10.5. The van der Waals surface area contributed by atoms with Crippen LogP contribution in [0.1, 0.15) is 32.6 Å². The summed E-state index contributed by atoms with van der Waals surface area (Å²) in [6, 6.07) is 0. The molecular weight excluding hydrogens is 168 g/mol. The van der Waals surface area contributed by atoms with E-state index in [0.29, 0.717) is 0 Å². The maximum absolute atomic E-state index is 10.8. The molecule has 3 heteroatoms. The van der Waals surface area contributed by atoms with Crippen LogP contribution < -0.4 is 0 Å². The van der Waals surface area contributed by atoms with Crippen molar-refractivity contribution in [3.8, 4) is 0 Å². The van der Waals surface area contributed by atoms with Gasteiger partial charge in [0.25, 0.3) is 0 Å². The highest BCUT2D eigenvalue weighted by Gasteiger charge is 2.19. The second kappa shape index (κ2) is 5.22. The number of carbonyl (C=O) groups is 1. The third-order valence-electron chi connectivity index (χ3n) is 2.55. The Labute approximate surface area is 79.4 Å². The molecule has 0 aromatic carbocycles. The van der Waals surface area contributed by atoms with E-state index in [4.69, 9.17) is 4.74 Å². The van der Waals surface area contributed by atoms with E-state index in [1.165, 1.54) is 20.0 Å². The fraction of sp³-hybridized carbons (Fsp3) is 0.900. The summed E-state index contributed by atoms with van der Waals surface area (Å²) in [6.07, 6.45) is 4.94. The van der Waals surface area contributed by atoms with Gasteiger partial charge in [-0.15, -0.1) is 0 Å². The first-order valence-electron chi connectivity index (χ1n) is 4.90. The van der Waals surface area contributed by atoms with Crippen LogP contribution in [0.2, 0.25) is 0 Å². The molecule has 0 aliphatic heterocycles. The zero-order chi connectivity index (χ0) is 9.68. The number of methoxy groups -OCH3 is 1. The van der Waals surface area contributed by atoms with Crippen LogP contribution in [0, 0.1) is 5.92 Å². The molecule has 0 spiro atoms. The number of carbonyl (C=O) groups excluding carboxylic acids is 1. The summed E-state index contributed by atoms with van der Waals surface area (Å²) in [7, 11) is 1.38. The largest absolute Gasteiger partial charge is 0.467 e. The molecule has 1 aliphatic carbocycles. The summed E-state index contributed by atoms with van der Waals surface area (Å²) in [6.45, 7) is 2.33. The number of rotatable bonds is 3. The van der Waals surface area contributed by atoms with Gasteiger partial charge >= 0.3 is 5.97 Å². The summed E-state index contributed by atoms with van der Waals surface area (Å²) in [5.41, 5.74) is 0. The zero-order valence-electron chi connectivity index (χ0n) is 8.41. The van der Waals surface area contributed by atoms with Gasteiger partial charge in [-0.2, -0.15) is 0 Å². The summed E-state index contributed by atoms with van der Waals surface area (Å²) in [5.74, 6) is 0.453. The molecule has 2 atom stereocenters. The molecule has 13 heavy (non-hydrogen) atoms. The van der Waals surface area contributed by atoms with Gasteiger partial charge in [0, 0.05) is 0 Å². The van der Waals surface area contributed by atoms with Gasteiger partial charge in [0.2, 0.25) is 0 Å². The van der Waals surface area contributed by atoms with Crippen molar-refractivity contribution < 1.29 is 14.3 Å². The number of esters is 1. The Balaban J connectivity index is 2.17. The van der Waals surface area contributed by atoms with Gasteiger partial charge in [-0.3, -0.25) is 0 Å². The predicted octanol–water partition coefficient (Wildman–Crippen LogP) is 1.75. The van der Waals surface area contributed by atoms with E-state index in [9.17, 15) is 4.79 Å². The summed E-state index contributed by atoms with van der Waals surface area (Å²) in [5, 5.41) is 0. The van der Waals surface area contributed by atoms with Crippen LogP contribution >= 0.6 is 0 Å². The van der Waals surface area contributed by atoms with Crippen LogP contribution in [0.5, 0.6) is 0 Å². The van der Waals surface area contributed by atoms with Gasteiger partial charge in [0.05, 0.1) is 13.2 Å². The molecule has 0 radical (unpaired) electrons. The molecule has 0 amide bonds. The molecule has 0 saturated heterocycles. The first-order valence-corrected chi connectivity index (χ1v) is 4.90. The van der Waals surface area contributed by atoms with Gasteiger partial charge in [-0.05, 0) is 18.8 Å². The minimum atomic E-state index is -0.279. The minimum Gasteiger partial charge on any atom is -0.467 e. The van der Waals surface area contributed by atoms with Crippen LogP contribution in [0.25, 0.3) is 0 Å². The van der Waals surface area contributed by atoms with Crippen molar-refractivity contribution in [2.24, 2.45) is 5.92 Å².